The summed E-state index contributed by atoms with van der Waals surface area (Å²) >= 11 is 0. The molecule has 1 fully saturated rings. The molecule has 1 aromatic carbocycles. The average Bonchev–Trinajstić information content (AvgIpc) is 3.04. The molecule has 130 valence electrons. The minimum atomic E-state index is -0.0237. The van der Waals surface area contributed by atoms with Gasteiger partial charge in [0.1, 0.15) is 11.4 Å². The van der Waals surface area contributed by atoms with E-state index in [1.54, 1.807) is 24.1 Å². The molecule has 0 aliphatic carbocycles. The summed E-state index contributed by atoms with van der Waals surface area (Å²) in [5.41, 5.74) is 2.40. The molecule has 2 aromatic rings. The molecule has 1 atom stereocenters. The van der Waals surface area contributed by atoms with Gasteiger partial charge in [0.15, 0.2) is 5.69 Å². The minimum Gasteiger partial charge on any atom is -0.494 e. The van der Waals surface area contributed by atoms with Gasteiger partial charge in [-0.1, -0.05) is 6.07 Å². The highest BCUT2D eigenvalue weighted by atomic mass is 35.5. The Morgan fingerprint density at radius 2 is 2.17 bits per heavy atom. The Morgan fingerprint density at radius 3 is 2.88 bits per heavy atom. The zero-order valence-corrected chi connectivity index (χ0v) is 15.0. The van der Waals surface area contributed by atoms with Gasteiger partial charge in [-0.3, -0.25) is 4.79 Å². The number of ether oxygens (including phenoxy) is 1. The Balaban J connectivity index is 0.00000208. The smallest absolute Gasteiger partial charge is 0.274 e. The number of rotatable bonds is 3. The van der Waals surface area contributed by atoms with Gasteiger partial charge in [0, 0.05) is 31.9 Å². The summed E-state index contributed by atoms with van der Waals surface area (Å²) in [4.78, 5) is 14.5. The molecule has 0 saturated carbocycles. The predicted molar refractivity (Wildman–Crippen MR) is 95.5 cm³/mol. The maximum atomic E-state index is 12.7. The van der Waals surface area contributed by atoms with E-state index in [4.69, 9.17) is 4.74 Å². The number of piperazine rings is 1. The van der Waals surface area contributed by atoms with Gasteiger partial charge in [0.2, 0.25) is 0 Å². The van der Waals surface area contributed by atoms with Crippen molar-refractivity contribution >= 4 is 18.3 Å². The summed E-state index contributed by atoms with van der Waals surface area (Å²) in [7, 11) is 1.63. The van der Waals surface area contributed by atoms with Gasteiger partial charge in [-0.15, -0.1) is 12.4 Å². The SMILES string of the molecule is COc1ccc(C)cc1-n1ccc(C(=O)N2CCNC[C@H]2C)n1.Cl. The molecule has 1 aromatic heterocycles. The lowest BCUT2D eigenvalue weighted by molar-refractivity contribution is 0.0649. The van der Waals surface area contributed by atoms with Crippen LogP contribution in [0.1, 0.15) is 23.0 Å². The van der Waals surface area contributed by atoms with Crippen molar-refractivity contribution in [3.8, 4) is 11.4 Å². The van der Waals surface area contributed by atoms with Crippen LogP contribution < -0.4 is 10.1 Å². The summed E-state index contributed by atoms with van der Waals surface area (Å²) in [6.45, 7) is 6.41. The highest BCUT2D eigenvalue weighted by Crippen LogP contribution is 2.23. The van der Waals surface area contributed by atoms with Crippen molar-refractivity contribution in [1.82, 2.24) is 20.0 Å². The summed E-state index contributed by atoms with van der Waals surface area (Å²) in [5.74, 6) is 0.706. The van der Waals surface area contributed by atoms with Crippen LogP contribution in [0.3, 0.4) is 0 Å². The molecule has 1 aliphatic rings. The lowest BCUT2D eigenvalue weighted by atomic mass is 10.2. The van der Waals surface area contributed by atoms with Gasteiger partial charge in [0.25, 0.3) is 5.91 Å². The highest BCUT2D eigenvalue weighted by Gasteiger charge is 2.25. The fourth-order valence-corrected chi connectivity index (χ4v) is 2.84. The average molecular weight is 351 g/mol. The molecule has 7 heteroatoms. The molecule has 1 N–H and O–H groups in total. The summed E-state index contributed by atoms with van der Waals surface area (Å²) in [6, 6.07) is 7.83. The number of hydrogen-bond donors (Lipinski definition) is 1. The second kappa shape index (κ2) is 7.68. The second-order valence-electron chi connectivity index (χ2n) is 5.87. The molecule has 2 heterocycles. The van der Waals surface area contributed by atoms with Crippen molar-refractivity contribution in [1.29, 1.82) is 0 Å². The summed E-state index contributed by atoms with van der Waals surface area (Å²) in [5, 5.41) is 7.75. The Morgan fingerprint density at radius 1 is 1.38 bits per heavy atom. The van der Waals surface area contributed by atoms with Gasteiger partial charge in [-0.05, 0) is 37.6 Å². The monoisotopic (exact) mass is 350 g/mol. The van der Waals surface area contributed by atoms with Crippen LogP contribution in [0.25, 0.3) is 5.69 Å². The lowest BCUT2D eigenvalue weighted by Gasteiger charge is -2.33. The second-order valence-corrected chi connectivity index (χ2v) is 5.87. The Kier molecular flexibility index (Phi) is 5.85. The van der Waals surface area contributed by atoms with Gasteiger partial charge < -0.3 is 15.0 Å². The molecule has 0 spiro atoms. The van der Waals surface area contributed by atoms with Crippen molar-refractivity contribution in [2.45, 2.75) is 19.9 Å². The number of aryl methyl sites for hydroxylation is 1. The van der Waals surface area contributed by atoms with Crippen LogP contribution in [-0.2, 0) is 0 Å². The molecule has 1 amide bonds. The van der Waals surface area contributed by atoms with Crippen LogP contribution in [0.5, 0.6) is 5.75 Å². The van der Waals surface area contributed by atoms with E-state index in [-0.39, 0.29) is 24.4 Å². The molecule has 6 nitrogen and oxygen atoms in total. The fraction of sp³-hybridized carbons (Fsp3) is 0.412. The van der Waals surface area contributed by atoms with Crippen LogP contribution in [-0.4, -0.2) is 53.4 Å². The number of carbonyl (C=O) groups excluding carboxylic acids is 1. The summed E-state index contributed by atoms with van der Waals surface area (Å²) in [6.07, 6.45) is 1.80. The molecule has 1 saturated heterocycles. The van der Waals surface area contributed by atoms with Crippen molar-refractivity contribution in [2.75, 3.05) is 26.7 Å². The van der Waals surface area contributed by atoms with Crippen LogP contribution in [0, 0.1) is 6.92 Å². The Bertz CT molecular complexity index is 716. The van der Waals surface area contributed by atoms with E-state index in [0.29, 0.717) is 12.2 Å². The number of nitrogens with zero attached hydrogens (tertiary/aromatic N) is 3. The minimum absolute atomic E-state index is 0. The van der Waals surface area contributed by atoms with Crippen molar-refractivity contribution in [3.63, 3.8) is 0 Å². The number of methoxy groups -OCH3 is 1. The fourth-order valence-electron chi connectivity index (χ4n) is 2.84. The molecule has 0 radical (unpaired) electrons. The Labute approximate surface area is 148 Å². The zero-order chi connectivity index (χ0) is 16.4. The zero-order valence-electron chi connectivity index (χ0n) is 14.2. The van der Waals surface area contributed by atoms with E-state index in [1.807, 2.05) is 36.9 Å². The largest absolute Gasteiger partial charge is 0.494 e. The van der Waals surface area contributed by atoms with Gasteiger partial charge in [-0.25, -0.2) is 4.68 Å². The normalized spacial score (nSPS) is 17.3. The van der Waals surface area contributed by atoms with E-state index in [2.05, 4.69) is 10.4 Å². The summed E-state index contributed by atoms with van der Waals surface area (Å²) < 4.78 is 7.09. The molecule has 3 rings (SSSR count). The van der Waals surface area contributed by atoms with Crippen molar-refractivity contribution in [2.24, 2.45) is 0 Å². The van der Waals surface area contributed by atoms with Gasteiger partial charge in [0.05, 0.1) is 7.11 Å². The third-order valence-corrected chi connectivity index (χ3v) is 4.15. The van der Waals surface area contributed by atoms with Gasteiger partial charge in [-0.2, -0.15) is 5.10 Å². The van der Waals surface area contributed by atoms with Crippen molar-refractivity contribution in [3.05, 3.63) is 41.7 Å². The molecular formula is C17H23ClN4O2. The van der Waals surface area contributed by atoms with Crippen molar-refractivity contribution < 1.29 is 9.53 Å². The Hall–Kier alpha value is -2.05. The van der Waals surface area contributed by atoms with Crippen LogP contribution >= 0.6 is 12.4 Å². The first-order valence-electron chi connectivity index (χ1n) is 7.82. The number of amides is 1. The van der Waals surface area contributed by atoms with E-state index in [1.165, 1.54) is 0 Å². The first-order valence-corrected chi connectivity index (χ1v) is 7.82. The quantitative estimate of drug-likeness (QED) is 0.920. The maximum absolute atomic E-state index is 12.7. The number of nitrogens with one attached hydrogen (secondary N) is 1. The van der Waals surface area contributed by atoms with Crippen LogP contribution in [0.2, 0.25) is 0 Å². The molecule has 24 heavy (non-hydrogen) atoms. The number of halogens is 1. The van der Waals surface area contributed by atoms with E-state index >= 15 is 0 Å². The first kappa shape index (κ1) is 18.3. The molecule has 0 bridgehead atoms. The number of carbonyl (C=O) groups is 1. The lowest BCUT2D eigenvalue weighted by Crippen LogP contribution is -2.52. The van der Waals surface area contributed by atoms with Crippen LogP contribution in [0.4, 0.5) is 0 Å². The predicted octanol–water partition coefficient (Wildman–Crippen LogP) is 2.05. The van der Waals surface area contributed by atoms with Gasteiger partial charge >= 0.3 is 0 Å². The first-order chi connectivity index (χ1) is 11.1. The molecule has 1 aliphatic heterocycles. The molecule has 0 unspecified atom stereocenters. The van der Waals surface area contributed by atoms with E-state index in [9.17, 15) is 4.79 Å². The van der Waals surface area contributed by atoms with E-state index < -0.39 is 0 Å². The number of hydrogen-bond acceptors (Lipinski definition) is 4. The third kappa shape index (κ3) is 3.55. The highest BCUT2D eigenvalue weighted by molar-refractivity contribution is 5.92. The van der Waals surface area contributed by atoms with Crippen LogP contribution in [0.15, 0.2) is 30.5 Å². The number of aromatic nitrogens is 2. The molecular weight excluding hydrogens is 328 g/mol. The standard InChI is InChI=1S/C17H22N4O2.ClH/c1-12-4-5-16(23-3)15(10-12)21-8-6-14(19-21)17(22)20-9-7-18-11-13(20)2;/h4-6,8,10,13,18H,7,9,11H2,1-3H3;1H/t13-;/m1./s1. The maximum Gasteiger partial charge on any atom is 0.274 e. The number of benzene rings is 1. The third-order valence-electron chi connectivity index (χ3n) is 4.15. The van der Waals surface area contributed by atoms with E-state index in [0.717, 1.165) is 30.1 Å². The topological polar surface area (TPSA) is 59.4 Å².